The van der Waals surface area contributed by atoms with Crippen molar-refractivity contribution in [3.8, 4) is 0 Å². The minimum atomic E-state index is 0.176. The molecule has 70 valence electrons. The summed E-state index contributed by atoms with van der Waals surface area (Å²) in [6, 6.07) is 0. The van der Waals surface area contributed by atoms with E-state index in [1.807, 2.05) is 6.92 Å². The fraction of sp³-hybridized carbons (Fsp3) is 0.700. The van der Waals surface area contributed by atoms with E-state index in [1.165, 1.54) is 0 Å². The van der Waals surface area contributed by atoms with E-state index in [0.29, 0.717) is 12.3 Å². The maximum Gasteiger partial charge on any atom is 0.129 e. The zero-order valence-electron chi connectivity index (χ0n) is 7.97. The van der Waals surface area contributed by atoms with Crippen molar-refractivity contribution < 1.29 is 9.90 Å². The van der Waals surface area contributed by atoms with Crippen molar-refractivity contribution in [3.05, 3.63) is 12.2 Å². The molecule has 0 fully saturated rings. The van der Waals surface area contributed by atoms with Crippen LogP contribution in [0, 0.1) is 5.92 Å². The number of hydrogen-bond acceptors (Lipinski definition) is 2. The summed E-state index contributed by atoms with van der Waals surface area (Å²) in [4.78, 5) is 10.7. The molecule has 0 bridgehead atoms. The molecular formula is C10H18O2. The van der Waals surface area contributed by atoms with Crippen molar-refractivity contribution >= 4 is 5.78 Å². The Morgan fingerprint density at radius 1 is 1.42 bits per heavy atom. The Labute approximate surface area is 74.3 Å². The molecule has 0 heterocycles. The van der Waals surface area contributed by atoms with E-state index >= 15 is 0 Å². The van der Waals surface area contributed by atoms with Crippen molar-refractivity contribution in [1.82, 2.24) is 0 Å². The molecule has 0 amide bonds. The summed E-state index contributed by atoms with van der Waals surface area (Å²) in [7, 11) is 0. The van der Waals surface area contributed by atoms with E-state index in [2.05, 4.69) is 6.58 Å². The highest BCUT2D eigenvalue weighted by atomic mass is 16.3. The van der Waals surface area contributed by atoms with Gasteiger partial charge in [0.25, 0.3) is 0 Å². The van der Waals surface area contributed by atoms with Gasteiger partial charge in [0.05, 0.1) is 0 Å². The SMILES string of the molecule is C=C(C)C(CCO)CCC(C)=O. The molecule has 12 heavy (non-hydrogen) atoms. The first-order chi connectivity index (χ1) is 5.57. The molecule has 0 aromatic rings. The highest BCUT2D eigenvalue weighted by molar-refractivity contribution is 5.75. The second kappa shape index (κ2) is 5.95. The summed E-state index contributed by atoms with van der Waals surface area (Å²) in [6.45, 7) is 7.54. The van der Waals surface area contributed by atoms with Crippen LogP contribution in [0.25, 0.3) is 0 Å². The number of allylic oxidation sites excluding steroid dienone is 1. The Morgan fingerprint density at radius 3 is 2.33 bits per heavy atom. The van der Waals surface area contributed by atoms with Gasteiger partial charge in [0.2, 0.25) is 0 Å². The minimum Gasteiger partial charge on any atom is -0.396 e. The summed E-state index contributed by atoms with van der Waals surface area (Å²) >= 11 is 0. The van der Waals surface area contributed by atoms with E-state index in [4.69, 9.17) is 5.11 Å². The zero-order chi connectivity index (χ0) is 9.56. The lowest BCUT2D eigenvalue weighted by Gasteiger charge is -2.14. The fourth-order valence-corrected chi connectivity index (χ4v) is 1.17. The standard InChI is InChI=1S/C10H18O2/c1-8(2)10(6-7-11)5-4-9(3)12/h10-11H,1,4-7H2,2-3H3. The van der Waals surface area contributed by atoms with Gasteiger partial charge in [-0.2, -0.15) is 0 Å². The van der Waals surface area contributed by atoms with Crippen LogP contribution in [0.15, 0.2) is 12.2 Å². The van der Waals surface area contributed by atoms with Gasteiger partial charge in [0, 0.05) is 13.0 Å². The monoisotopic (exact) mass is 170 g/mol. The summed E-state index contributed by atoms with van der Waals surface area (Å²) in [5.74, 6) is 0.512. The summed E-state index contributed by atoms with van der Waals surface area (Å²) in [6.07, 6.45) is 2.14. The maximum atomic E-state index is 10.7. The Morgan fingerprint density at radius 2 is 2.00 bits per heavy atom. The summed E-state index contributed by atoms with van der Waals surface area (Å²) in [5, 5.41) is 8.72. The van der Waals surface area contributed by atoms with Crippen LogP contribution in [-0.2, 0) is 4.79 Å². The molecule has 0 saturated heterocycles. The largest absolute Gasteiger partial charge is 0.396 e. The van der Waals surface area contributed by atoms with Gasteiger partial charge in [-0.05, 0) is 32.6 Å². The number of ketones is 1. The van der Waals surface area contributed by atoms with Crippen LogP contribution in [0.2, 0.25) is 0 Å². The van der Waals surface area contributed by atoms with Gasteiger partial charge in [0.15, 0.2) is 0 Å². The van der Waals surface area contributed by atoms with E-state index in [1.54, 1.807) is 6.92 Å². The Bertz CT molecular complexity index is 161. The molecule has 0 aromatic carbocycles. The Hall–Kier alpha value is -0.630. The minimum absolute atomic E-state index is 0.176. The van der Waals surface area contributed by atoms with E-state index in [-0.39, 0.29) is 12.4 Å². The molecule has 0 saturated carbocycles. The number of Topliss-reactive ketones (excluding diaryl/α,β-unsaturated/α-hetero) is 1. The molecule has 1 N–H and O–H groups in total. The van der Waals surface area contributed by atoms with Crippen LogP contribution in [-0.4, -0.2) is 17.5 Å². The van der Waals surface area contributed by atoms with Gasteiger partial charge >= 0.3 is 0 Å². The van der Waals surface area contributed by atoms with E-state index in [9.17, 15) is 4.79 Å². The zero-order valence-corrected chi connectivity index (χ0v) is 7.97. The number of rotatable bonds is 6. The van der Waals surface area contributed by atoms with Crippen LogP contribution in [0.3, 0.4) is 0 Å². The van der Waals surface area contributed by atoms with Gasteiger partial charge in [0.1, 0.15) is 5.78 Å². The highest BCUT2D eigenvalue weighted by Crippen LogP contribution is 2.18. The molecule has 2 heteroatoms. The first-order valence-corrected chi connectivity index (χ1v) is 4.33. The molecule has 0 aliphatic rings. The second-order valence-corrected chi connectivity index (χ2v) is 3.30. The van der Waals surface area contributed by atoms with Crippen molar-refractivity contribution in [2.24, 2.45) is 5.92 Å². The lowest BCUT2D eigenvalue weighted by Crippen LogP contribution is -2.06. The Kier molecular flexibility index (Phi) is 5.64. The van der Waals surface area contributed by atoms with Crippen molar-refractivity contribution in [2.45, 2.75) is 33.1 Å². The average Bonchev–Trinajstić information content (AvgIpc) is 1.96. The van der Waals surface area contributed by atoms with Crippen LogP contribution < -0.4 is 0 Å². The van der Waals surface area contributed by atoms with Crippen LogP contribution in [0.4, 0.5) is 0 Å². The lowest BCUT2D eigenvalue weighted by molar-refractivity contribution is -0.117. The predicted octanol–water partition coefficient (Wildman–Crippen LogP) is 1.93. The maximum absolute atomic E-state index is 10.7. The van der Waals surface area contributed by atoms with E-state index in [0.717, 1.165) is 18.4 Å². The molecule has 1 unspecified atom stereocenters. The number of carbonyl (C=O) groups is 1. The van der Waals surface area contributed by atoms with Crippen LogP contribution in [0.1, 0.15) is 33.1 Å². The molecule has 0 spiro atoms. The fourth-order valence-electron chi connectivity index (χ4n) is 1.17. The molecular weight excluding hydrogens is 152 g/mol. The van der Waals surface area contributed by atoms with Crippen molar-refractivity contribution in [2.75, 3.05) is 6.61 Å². The first kappa shape index (κ1) is 11.4. The number of hydrogen-bond donors (Lipinski definition) is 1. The third-order valence-electron chi connectivity index (χ3n) is 2.02. The number of aliphatic hydroxyl groups is 1. The Balaban J connectivity index is 3.79. The van der Waals surface area contributed by atoms with E-state index < -0.39 is 0 Å². The van der Waals surface area contributed by atoms with Crippen molar-refractivity contribution in [3.63, 3.8) is 0 Å². The van der Waals surface area contributed by atoms with Crippen LogP contribution >= 0.6 is 0 Å². The quantitative estimate of drug-likeness (QED) is 0.618. The van der Waals surface area contributed by atoms with Gasteiger partial charge in [-0.15, -0.1) is 0 Å². The van der Waals surface area contributed by atoms with Gasteiger partial charge < -0.3 is 9.90 Å². The summed E-state index contributed by atoms with van der Waals surface area (Å²) < 4.78 is 0. The first-order valence-electron chi connectivity index (χ1n) is 4.33. The second-order valence-electron chi connectivity index (χ2n) is 3.30. The average molecular weight is 170 g/mol. The molecule has 0 aliphatic heterocycles. The molecule has 2 nitrogen and oxygen atoms in total. The number of aliphatic hydroxyl groups excluding tert-OH is 1. The summed E-state index contributed by atoms with van der Waals surface area (Å²) in [5.41, 5.74) is 1.06. The third-order valence-corrected chi connectivity index (χ3v) is 2.02. The van der Waals surface area contributed by atoms with Crippen molar-refractivity contribution in [1.29, 1.82) is 0 Å². The van der Waals surface area contributed by atoms with Gasteiger partial charge in [-0.25, -0.2) is 0 Å². The van der Waals surface area contributed by atoms with Crippen LogP contribution in [0.5, 0.6) is 0 Å². The molecule has 0 rings (SSSR count). The van der Waals surface area contributed by atoms with Gasteiger partial charge in [-0.1, -0.05) is 12.2 Å². The third kappa shape index (κ3) is 5.08. The predicted molar refractivity (Wildman–Crippen MR) is 49.9 cm³/mol. The lowest BCUT2D eigenvalue weighted by atomic mass is 9.92. The van der Waals surface area contributed by atoms with Gasteiger partial charge in [-0.3, -0.25) is 0 Å². The number of carbonyl (C=O) groups excluding carboxylic acids is 1. The molecule has 0 aliphatic carbocycles. The molecule has 0 radical (unpaired) electrons. The smallest absolute Gasteiger partial charge is 0.129 e. The highest BCUT2D eigenvalue weighted by Gasteiger charge is 2.09. The normalized spacial score (nSPS) is 12.6. The molecule has 0 aromatic heterocycles. The molecule has 1 atom stereocenters. The topological polar surface area (TPSA) is 37.3 Å².